The summed E-state index contributed by atoms with van der Waals surface area (Å²) in [4.78, 5) is 3.77. The molecule has 90 valence electrons. The molecule has 1 fully saturated rings. The molecule has 15 heavy (non-hydrogen) atoms. The van der Waals surface area contributed by atoms with Gasteiger partial charge in [-0.1, -0.05) is 0 Å². The van der Waals surface area contributed by atoms with Crippen molar-refractivity contribution in [3.63, 3.8) is 0 Å². The average Bonchev–Trinajstić information content (AvgIpc) is 2.80. The van der Waals surface area contributed by atoms with Gasteiger partial charge < -0.3 is 11.1 Å². The average molecular weight is 355 g/mol. The summed E-state index contributed by atoms with van der Waals surface area (Å²) in [7, 11) is 0. The lowest BCUT2D eigenvalue weighted by Gasteiger charge is -2.04. The fourth-order valence-electron chi connectivity index (χ4n) is 0.810. The van der Waals surface area contributed by atoms with Crippen molar-refractivity contribution < 1.29 is 13.2 Å². The molecule has 0 unspecified atom stereocenters. The Bertz CT molecular complexity index is 218. The predicted molar refractivity (Wildman–Crippen MR) is 66.6 cm³/mol. The lowest BCUT2D eigenvalue weighted by Crippen LogP contribution is -2.33. The highest BCUT2D eigenvalue weighted by Crippen LogP contribution is 2.29. The molecular formula is C7H13F3IN3S. The lowest BCUT2D eigenvalue weighted by molar-refractivity contribution is -0.0327. The molecule has 0 radical (unpaired) electrons. The van der Waals surface area contributed by atoms with Crippen LogP contribution >= 0.6 is 35.7 Å². The topological polar surface area (TPSA) is 50.4 Å². The first-order chi connectivity index (χ1) is 6.47. The van der Waals surface area contributed by atoms with E-state index in [4.69, 9.17) is 5.73 Å². The second-order valence-corrected chi connectivity index (χ2v) is 4.14. The van der Waals surface area contributed by atoms with Gasteiger partial charge in [0.15, 0.2) is 5.96 Å². The lowest BCUT2D eigenvalue weighted by atomic mass is 10.7. The van der Waals surface area contributed by atoms with Gasteiger partial charge in [-0.2, -0.15) is 13.2 Å². The summed E-state index contributed by atoms with van der Waals surface area (Å²) in [5.74, 6) is 0.159. The second kappa shape index (κ2) is 6.66. The van der Waals surface area contributed by atoms with Crippen molar-refractivity contribution in [1.82, 2.24) is 5.32 Å². The van der Waals surface area contributed by atoms with Gasteiger partial charge in [0, 0.05) is 11.8 Å². The summed E-state index contributed by atoms with van der Waals surface area (Å²) >= 11 is -0.0804. The van der Waals surface area contributed by atoms with E-state index in [1.807, 2.05) is 0 Å². The monoisotopic (exact) mass is 355 g/mol. The number of nitrogens with zero attached hydrogens (tertiary/aromatic N) is 1. The third-order valence-corrected chi connectivity index (χ3v) is 2.28. The predicted octanol–water partition coefficient (Wildman–Crippen LogP) is 1.92. The molecule has 3 N–H and O–H groups in total. The third kappa shape index (κ3) is 9.09. The van der Waals surface area contributed by atoms with Gasteiger partial charge >= 0.3 is 5.51 Å². The molecule has 0 bridgehead atoms. The van der Waals surface area contributed by atoms with Gasteiger partial charge in [-0.3, -0.25) is 4.99 Å². The van der Waals surface area contributed by atoms with Gasteiger partial charge in [-0.05, 0) is 24.6 Å². The van der Waals surface area contributed by atoms with Gasteiger partial charge in [-0.15, -0.1) is 24.0 Å². The van der Waals surface area contributed by atoms with E-state index in [1.54, 1.807) is 0 Å². The zero-order chi connectivity index (χ0) is 10.6. The molecule has 8 heteroatoms. The molecule has 1 aliphatic carbocycles. The molecule has 0 aromatic rings. The maximum absolute atomic E-state index is 11.7. The maximum atomic E-state index is 11.7. The standard InChI is InChI=1S/C7H12F3N3S.HI/c8-7(9,10)14-4-3-12-6(11)13-5-1-2-5;/h5H,1-4H2,(H3,11,12,13);1H. The van der Waals surface area contributed by atoms with E-state index >= 15 is 0 Å². The summed E-state index contributed by atoms with van der Waals surface area (Å²) in [6.07, 6.45) is 2.13. The van der Waals surface area contributed by atoms with Crippen molar-refractivity contribution in [1.29, 1.82) is 0 Å². The number of alkyl halides is 3. The molecule has 0 heterocycles. The van der Waals surface area contributed by atoms with E-state index in [0.717, 1.165) is 12.8 Å². The van der Waals surface area contributed by atoms with E-state index in [2.05, 4.69) is 10.3 Å². The Morgan fingerprint density at radius 3 is 2.53 bits per heavy atom. The number of thioether (sulfide) groups is 1. The Morgan fingerprint density at radius 1 is 1.47 bits per heavy atom. The molecule has 1 saturated carbocycles. The normalized spacial score (nSPS) is 17.1. The molecule has 1 aliphatic rings. The molecule has 0 aliphatic heterocycles. The van der Waals surface area contributed by atoms with Gasteiger partial charge in [0.05, 0.1) is 6.54 Å². The molecular weight excluding hydrogens is 342 g/mol. The van der Waals surface area contributed by atoms with Gasteiger partial charge in [0.2, 0.25) is 0 Å². The second-order valence-electron chi connectivity index (χ2n) is 2.98. The number of halogens is 4. The Morgan fingerprint density at radius 2 is 2.07 bits per heavy atom. The molecule has 3 nitrogen and oxygen atoms in total. The molecule has 0 atom stereocenters. The third-order valence-electron chi connectivity index (χ3n) is 1.57. The van der Waals surface area contributed by atoms with Gasteiger partial charge in [0.1, 0.15) is 0 Å². The fourth-order valence-corrected chi connectivity index (χ4v) is 1.22. The van der Waals surface area contributed by atoms with Crippen LogP contribution in [0.15, 0.2) is 4.99 Å². The van der Waals surface area contributed by atoms with Crippen molar-refractivity contribution in [2.24, 2.45) is 10.7 Å². The number of nitrogens with one attached hydrogen (secondary N) is 1. The SMILES string of the molecule is I.NC(=NCCSC(F)(F)F)NC1CC1. The van der Waals surface area contributed by atoms with Crippen molar-refractivity contribution in [3.05, 3.63) is 0 Å². The van der Waals surface area contributed by atoms with Crippen LogP contribution in [0.2, 0.25) is 0 Å². The zero-order valence-electron chi connectivity index (χ0n) is 7.88. The highest BCUT2D eigenvalue weighted by molar-refractivity contribution is 14.0. The number of guanidine groups is 1. The van der Waals surface area contributed by atoms with E-state index in [9.17, 15) is 13.2 Å². The van der Waals surface area contributed by atoms with E-state index in [0.29, 0.717) is 6.04 Å². The molecule has 1 rings (SSSR count). The van der Waals surface area contributed by atoms with E-state index in [-0.39, 0.29) is 54.0 Å². The smallest absolute Gasteiger partial charge is 0.370 e. The Kier molecular flexibility index (Phi) is 6.73. The maximum Gasteiger partial charge on any atom is 0.441 e. The van der Waals surface area contributed by atoms with Crippen LogP contribution in [0.4, 0.5) is 13.2 Å². The quantitative estimate of drug-likeness (QED) is 0.351. The number of hydrogen-bond donors (Lipinski definition) is 2. The van der Waals surface area contributed by atoms with E-state index < -0.39 is 5.51 Å². The van der Waals surface area contributed by atoms with Crippen LogP contribution in [0.1, 0.15) is 12.8 Å². The largest absolute Gasteiger partial charge is 0.441 e. The minimum atomic E-state index is -4.17. The van der Waals surface area contributed by atoms with E-state index in [1.165, 1.54) is 0 Å². The first-order valence-corrected chi connectivity index (χ1v) is 5.23. The van der Waals surface area contributed by atoms with Crippen molar-refractivity contribution >= 4 is 41.7 Å². The Labute approximate surface area is 107 Å². The van der Waals surface area contributed by atoms with Crippen LogP contribution in [0, 0.1) is 0 Å². The van der Waals surface area contributed by atoms with Crippen LogP contribution in [0.3, 0.4) is 0 Å². The highest BCUT2D eigenvalue weighted by Gasteiger charge is 2.27. The summed E-state index contributed by atoms with van der Waals surface area (Å²) in [5.41, 5.74) is 1.24. The van der Waals surface area contributed by atoms with Crippen molar-refractivity contribution in [3.8, 4) is 0 Å². The molecule has 0 aromatic heterocycles. The Hall–Kier alpha value is 0.140. The minimum absolute atomic E-state index is 0. The van der Waals surface area contributed by atoms with Crippen LogP contribution in [-0.4, -0.2) is 29.8 Å². The van der Waals surface area contributed by atoms with Crippen LogP contribution < -0.4 is 11.1 Å². The highest BCUT2D eigenvalue weighted by atomic mass is 127. The summed E-state index contributed by atoms with van der Waals surface area (Å²) in [6.45, 7) is 0.0930. The number of hydrogen-bond acceptors (Lipinski definition) is 2. The minimum Gasteiger partial charge on any atom is -0.370 e. The summed E-state index contributed by atoms with van der Waals surface area (Å²) in [5, 5.41) is 2.89. The van der Waals surface area contributed by atoms with Crippen molar-refractivity contribution in [2.75, 3.05) is 12.3 Å². The summed E-state index contributed by atoms with van der Waals surface area (Å²) < 4.78 is 35.0. The summed E-state index contributed by atoms with van der Waals surface area (Å²) in [6, 6.07) is 0.383. The molecule has 0 amide bonds. The molecule has 0 spiro atoms. The van der Waals surface area contributed by atoms with Crippen molar-refractivity contribution in [2.45, 2.75) is 24.4 Å². The fraction of sp³-hybridized carbons (Fsp3) is 0.857. The number of aliphatic imine (C=N–C) groups is 1. The Balaban J connectivity index is 0.00000196. The zero-order valence-corrected chi connectivity index (χ0v) is 11.0. The van der Waals surface area contributed by atoms with Crippen LogP contribution in [0.5, 0.6) is 0 Å². The first-order valence-electron chi connectivity index (χ1n) is 4.24. The van der Waals surface area contributed by atoms with Gasteiger partial charge in [0.25, 0.3) is 0 Å². The first kappa shape index (κ1) is 15.1. The number of rotatable bonds is 4. The van der Waals surface area contributed by atoms with Crippen LogP contribution in [-0.2, 0) is 0 Å². The van der Waals surface area contributed by atoms with Gasteiger partial charge in [-0.25, -0.2) is 0 Å². The van der Waals surface area contributed by atoms with Crippen LogP contribution in [0.25, 0.3) is 0 Å². The number of nitrogens with two attached hydrogens (primary N) is 1. The molecule has 0 saturated heterocycles. The molecule has 0 aromatic carbocycles.